The summed E-state index contributed by atoms with van der Waals surface area (Å²) in [6.07, 6.45) is 16.8. The van der Waals surface area contributed by atoms with Gasteiger partial charge in [-0.15, -0.1) is 0 Å². The predicted molar refractivity (Wildman–Crippen MR) is 174 cm³/mol. The summed E-state index contributed by atoms with van der Waals surface area (Å²) < 4.78 is 10.5. The maximum Gasteiger partial charge on any atom is 0.364 e. The zero-order chi connectivity index (χ0) is 31.6. The summed E-state index contributed by atoms with van der Waals surface area (Å²) in [7, 11) is 1.52. The smallest absolute Gasteiger partial charge is 0.364 e. The van der Waals surface area contributed by atoms with Gasteiger partial charge in [-0.1, -0.05) is 43.7 Å². The fraction of sp³-hybridized carbons (Fsp3) is 0.576. The van der Waals surface area contributed by atoms with E-state index in [9.17, 15) is 9.59 Å². The number of likely N-dealkylation sites (tertiary alicyclic amines) is 1. The van der Waals surface area contributed by atoms with Crippen molar-refractivity contribution in [1.82, 2.24) is 9.80 Å². The third-order valence-corrected chi connectivity index (χ3v) is 8.16. The summed E-state index contributed by atoms with van der Waals surface area (Å²) in [5.74, 6) is 3.02. The van der Waals surface area contributed by atoms with Gasteiger partial charge in [-0.05, 0) is 92.8 Å². The Bertz CT molecular complexity index is 1090. The van der Waals surface area contributed by atoms with E-state index in [2.05, 4.69) is 48.0 Å². The van der Waals surface area contributed by atoms with Gasteiger partial charge in [-0.3, -0.25) is 9.69 Å². The van der Waals surface area contributed by atoms with Crippen LogP contribution in [-0.2, 0) is 9.53 Å². The molecular weight excluding hydrogens is 566 g/mol. The van der Waals surface area contributed by atoms with E-state index in [1.54, 1.807) is 24.3 Å². The van der Waals surface area contributed by atoms with Crippen LogP contribution in [0.15, 0.2) is 59.9 Å². The predicted octanol–water partition coefficient (Wildman–Crippen LogP) is 5.91. The van der Waals surface area contributed by atoms with Crippen molar-refractivity contribution in [2.75, 3.05) is 52.7 Å². The quantitative estimate of drug-likeness (QED) is 0.260. The van der Waals surface area contributed by atoms with Gasteiger partial charge in [0.05, 0.1) is 20.3 Å². The number of aromatic hydroxyl groups is 1. The number of thioether (sulfide) groups is 1. The minimum Gasteiger partial charge on any atom is -0.504 e. The molecule has 0 aromatic heterocycles. The zero-order valence-electron chi connectivity index (χ0n) is 26.2. The van der Waals surface area contributed by atoms with Crippen molar-refractivity contribution in [1.29, 1.82) is 0 Å². The van der Waals surface area contributed by atoms with Gasteiger partial charge in [0.15, 0.2) is 11.5 Å². The van der Waals surface area contributed by atoms with E-state index < -0.39 is 5.30 Å². The Morgan fingerprint density at radius 2 is 1.93 bits per heavy atom. The van der Waals surface area contributed by atoms with Gasteiger partial charge in [-0.2, -0.15) is 0 Å². The number of hydrogen-bond acceptors (Lipinski definition) is 8. The number of para-hydroxylation sites is 2. The molecule has 3 unspecified atom stereocenters. The van der Waals surface area contributed by atoms with Gasteiger partial charge in [0.2, 0.25) is 5.91 Å². The molecule has 9 nitrogen and oxygen atoms in total. The molecule has 0 spiro atoms. The van der Waals surface area contributed by atoms with E-state index in [0.29, 0.717) is 36.7 Å². The molecule has 240 valence electrons. The Kier molecular flexibility index (Phi) is 16.9. The molecule has 2 saturated heterocycles. The molecule has 10 heteroatoms. The van der Waals surface area contributed by atoms with Crippen LogP contribution in [-0.4, -0.2) is 90.0 Å². The summed E-state index contributed by atoms with van der Waals surface area (Å²) in [5, 5.41) is 15.8. The number of benzene rings is 1. The SMILES string of the molecule is CCCCN(CCCCN)C(=O)CN1CC(C2C=CC=C3OCCC3=C2)CC1C.COc1ccccc1O.CSC(=O)O. The molecule has 0 bridgehead atoms. The van der Waals surface area contributed by atoms with Crippen LogP contribution in [0.25, 0.3) is 0 Å². The molecule has 43 heavy (non-hydrogen) atoms. The van der Waals surface area contributed by atoms with Gasteiger partial charge in [0, 0.05) is 32.1 Å². The molecule has 2 aliphatic heterocycles. The van der Waals surface area contributed by atoms with Crippen LogP contribution in [0.2, 0.25) is 0 Å². The molecule has 2 fully saturated rings. The maximum absolute atomic E-state index is 13.0. The van der Waals surface area contributed by atoms with Crippen LogP contribution < -0.4 is 10.5 Å². The number of ether oxygens (including phenoxy) is 2. The van der Waals surface area contributed by atoms with Crippen molar-refractivity contribution < 1.29 is 29.3 Å². The molecule has 2 heterocycles. The van der Waals surface area contributed by atoms with E-state index >= 15 is 0 Å². The molecule has 0 saturated carbocycles. The molecule has 4 rings (SSSR count). The van der Waals surface area contributed by atoms with Crippen molar-refractivity contribution in [3.63, 3.8) is 0 Å². The molecule has 0 radical (unpaired) electrons. The van der Waals surface area contributed by atoms with E-state index in [4.69, 9.17) is 25.4 Å². The Balaban J connectivity index is 0.000000379. The van der Waals surface area contributed by atoms with E-state index in [1.165, 1.54) is 18.9 Å². The average molecular weight is 618 g/mol. The van der Waals surface area contributed by atoms with Crippen LogP contribution >= 0.6 is 11.8 Å². The van der Waals surface area contributed by atoms with Crippen molar-refractivity contribution in [3.05, 3.63) is 59.9 Å². The number of nitrogens with two attached hydrogens (primary N) is 1. The third-order valence-electron chi connectivity index (χ3n) is 7.82. The number of methoxy groups -OCH3 is 1. The molecule has 3 atom stereocenters. The number of phenolic OH excluding ortho intramolecular Hbond substituents is 1. The van der Waals surface area contributed by atoms with Crippen molar-refractivity contribution in [2.45, 2.75) is 58.4 Å². The number of phenols is 1. The first-order valence-corrected chi connectivity index (χ1v) is 16.5. The highest BCUT2D eigenvalue weighted by Gasteiger charge is 2.35. The van der Waals surface area contributed by atoms with E-state index in [1.807, 2.05) is 0 Å². The number of amides is 1. The van der Waals surface area contributed by atoms with Crippen LogP contribution in [0, 0.1) is 11.8 Å². The van der Waals surface area contributed by atoms with Gasteiger partial charge in [0.25, 0.3) is 0 Å². The van der Waals surface area contributed by atoms with Gasteiger partial charge >= 0.3 is 5.30 Å². The van der Waals surface area contributed by atoms with Crippen LogP contribution in [0.4, 0.5) is 4.79 Å². The van der Waals surface area contributed by atoms with Gasteiger partial charge in [0.1, 0.15) is 5.76 Å². The fourth-order valence-corrected chi connectivity index (χ4v) is 5.36. The molecule has 4 N–H and O–H groups in total. The summed E-state index contributed by atoms with van der Waals surface area (Å²) in [6.45, 7) is 9.21. The summed E-state index contributed by atoms with van der Waals surface area (Å²) in [6, 6.07) is 7.29. The summed E-state index contributed by atoms with van der Waals surface area (Å²) in [4.78, 5) is 26.8. The highest BCUT2D eigenvalue weighted by Crippen LogP contribution is 2.35. The fourth-order valence-electron chi connectivity index (χ4n) is 5.36. The lowest BCUT2D eigenvalue weighted by Gasteiger charge is -2.27. The number of carboxylic acid groups (broad SMARTS) is 1. The lowest BCUT2D eigenvalue weighted by molar-refractivity contribution is -0.132. The first-order chi connectivity index (χ1) is 20.7. The minimum absolute atomic E-state index is 0.181. The minimum atomic E-state index is -0.829. The molecule has 1 aromatic carbocycles. The second-order valence-electron chi connectivity index (χ2n) is 10.9. The number of allylic oxidation sites excluding steroid dienone is 5. The lowest BCUT2D eigenvalue weighted by Crippen LogP contribution is -2.42. The number of unbranched alkanes of at least 4 members (excludes halogenated alkanes) is 2. The van der Waals surface area contributed by atoms with Gasteiger partial charge < -0.3 is 30.3 Å². The zero-order valence-corrected chi connectivity index (χ0v) is 27.1. The van der Waals surface area contributed by atoms with Crippen molar-refractivity contribution in [3.8, 4) is 11.5 Å². The Labute approximate surface area is 261 Å². The Hall–Kier alpha value is -2.95. The molecular formula is C33H51N3O6S. The second-order valence-corrected chi connectivity index (χ2v) is 11.7. The highest BCUT2D eigenvalue weighted by molar-refractivity contribution is 8.12. The first-order valence-electron chi connectivity index (χ1n) is 15.3. The lowest BCUT2D eigenvalue weighted by atomic mass is 9.88. The standard InChI is InChI=1S/C24H39N3O2.C7H8O2.C2H4O2S/c1-3-4-12-26(13-6-5-11-25)24(28)18-27-17-22(15-19(27)2)20-8-7-9-23-21(16-20)10-14-29-23;1-9-7-5-3-2-4-6(7)8;1-5-2(3)4/h7-9,16,19-20,22H,3-6,10-15,17-18,25H2,1-2H3;2-5,8H,1H3;1H3,(H,3,4). The van der Waals surface area contributed by atoms with Crippen LogP contribution in [0.3, 0.4) is 0 Å². The van der Waals surface area contributed by atoms with E-state index in [0.717, 1.165) is 82.3 Å². The Morgan fingerprint density at radius 1 is 1.21 bits per heavy atom. The van der Waals surface area contributed by atoms with Crippen molar-refractivity contribution >= 4 is 23.0 Å². The largest absolute Gasteiger partial charge is 0.504 e. The summed E-state index contributed by atoms with van der Waals surface area (Å²) in [5.41, 5.74) is 6.99. The van der Waals surface area contributed by atoms with E-state index in [-0.39, 0.29) is 11.7 Å². The number of hydrogen-bond donors (Lipinski definition) is 3. The highest BCUT2D eigenvalue weighted by atomic mass is 32.2. The Morgan fingerprint density at radius 3 is 2.56 bits per heavy atom. The normalized spacial score (nSPS) is 20.6. The number of rotatable bonds is 11. The van der Waals surface area contributed by atoms with Gasteiger partial charge in [-0.25, -0.2) is 4.79 Å². The van der Waals surface area contributed by atoms with Crippen LogP contribution in [0.1, 0.15) is 52.4 Å². The monoisotopic (exact) mass is 617 g/mol. The molecule has 1 amide bonds. The molecule has 3 aliphatic rings. The third kappa shape index (κ3) is 12.7. The number of carbonyl (C=O) groups is 2. The topological polar surface area (TPSA) is 126 Å². The molecule has 1 aromatic rings. The number of fused-ring (bicyclic) bond motifs is 1. The average Bonchev–Trinajstić information content (AvgIpc) is 3.54. The second kappa shape index (κ2) is 20.1. The summed E-state index contributed by atoms with van der Waals surface area (Å²) >= 11 is 0.796. The maximum atomic E-state index is 13.0. The number of nitrogens with zero attached hydrogens (tertiary/aromatic N) is 2. The van der Waals surface area contributed by atoms with Crippen molar-refractivity contribution in [2.24, 2.45) is 17.6 Å². The molecule has 1 aliphatic carbocycles. The number of carbonyl (C=O) groups excluding carboxylic acids is 1. The first kappa shape index (κ1) is 36.2. The van der Waals surface area contributed by atoms with Crippen LogP contribution in [0.5, 0.6) is 11.5 Å².